The SMILES string of the molecule is CCc1nn(C)cc1C(=O)c1ccc(C)nc1. The molecule has 0 bridgehead atoms. The van der Waals surface area contributed by atoms with Crippen molar-refractivity contribution < 1.29 is 4.79 Å². The first-order valence-electron chi connectivity index (χ1n) is 5.61. The Labute approximate surface area is 100 Å². The molecule has 0 N–H and O–H groups in total. The summed E-state index contributed by atoms with van der Waals surface area (Å²) in [4.78, 5) is 16.4. The Morgan fingerprint density at radius 3 is 2.76 bits per heavy atom. The van der Waals surface area contributed by atoms with Crippen LogP contribution in [0.1, 0.15) is 34.2 Å². The highest BCUT2D eigenvalue weighted by Crippen LogP contribution is 2.13. The molecule has 0 saturated heterocycles. The second-order valence-electron chi connectivity index (χ2n) is 4.03. The van der Waals surface area contributed by atoms with Crippen molar-refractivity contribution in [1.29, 1.82) is 0 Å². The smallest absolute Gasteiger partial charge is 0.198 e. The predicted molar refractivity (Wildman–Crippen MR) is 65.0 cm³/mol. The molecular weight excluding hydrogens is 214 g/mol. The summed E-state index contributed by atoms with van der Waals surface area (Å²) in [6.45, 7) is 3.89. The largest absolute Gasteiger partial charge is 0.288 e. The molecule has 0 aliphatic rings. The highest BCUT2D eigenvalue weighted by Gasteiger charge is 2.16. The van der Waals surface area contributed by atoms with Crippen molar-refractivity contribution in [3.05, 3.63) is 47.0 Å². The molecule has 2 heterocycles. The van der Waals surface area contributed by atoms with E-state index in [2.05, 4.69) is 10.1 Å². The lowest BCUT2D eigenvalue weighted by atomic mass is 10.0. The summed E-state index contributed by atoms with van der Waals surface area (Å²) in [6.07, 6.45) is 4.13. The lowest BCUT2D eigenvalue weighted by molar-refractivity contribution is 0.103. The number of ketones is 1. The molecule has 0 radical (unpaired) electrons. The monoisotopic (exact) mass is 229 g/mol. The molecular formula is C13H15N3O. The van der Waals surface area contributed by atoms with Crippen LogP contribution in [0.5, 0.6) is 0 Å². The molecule has 0 spiro atoms. The Balaban J connectivity index is 2.39. The van der Waals surface area contributed by atoms with E-state index in [0.29, 0.717) is 11.1 Å². The third kappa shape index (κ3) is 2.25. The maximum absolute atomic E-state index is 12.3. The van der Waals surface area contributed by atoms with Crippen molar-refractivity contribution in [2.75, 3.05) is 0 Å². The number of carbonyl (C=O) groups excluding carboxylic acids is 1. The molecule has 0 aliphatic heterocycles. The number of hydrogen-bond donors (Lipinski definition) is 0. The zero-order valence-corrected chi connectivity index (χ0v) is 10.3. The van der Waals surface area contributed by atoms with Gasteiger partial charge in [0.25, 0.3) is 0 Å². The number of nitrogens with zero attached hydrogens (tertiary/aromatic N) is 3. The molecule has 4 nitrogen and oxygen atoms in total. The normalized spacial score (nSPS) is 10.5. The molecule has 0 fully saturated rings. The van der Waals surface area contributed by atoms with Gasteiger partial charge >= 0.3 is 0 Å². The summed E-state index contributed by atoms with van der Waals surface area (Å²) in [7, 11) is 1.82. The fraction of sp³-hybridized carbons (Fsp3) is 0.308. The van der Waals surface area contributed by atoms with E-state index in [4.69, 9.17) is 0 Å². The van der Waals surface area contributed by atoms with E-state index in [1.54, 1.807) is 23.1 Å². The Kier molecular flexibility index (Phi) is 3.04. The van der Waals surface area contributed by atoms with Crippen molar-refractivity contribution in [2.24, 2.45) is 7.05 Å². The molecule has 0 unspecified atom stereocenters. The zero-order chi connectivity index (χ0) is 12.4. The zero-order valence-electron chi connectivity index (χ0n) is 10.3. The highest BCUT2D eigenvalue weighted by atomic mass is 16.1. The van der Waals surface area contributed by atoms with Crippen molar-refractivity contribution >= 4 is 5.78 Å². The molecule has 4 heteroatoms. The molecule has 0 aliphatic carbocycles. The van der Waals surface area contributed by atoms with Crippen molar-refractivity contribution in [1.82, 2.24) is 14.8 Å². The van der Waals surface area contributed by atoms with Crippen molar-refractivity contribution in [3.63, 3.8) is 0 Å². The molecule has 0 atom stereocenters. The van der Waals surface area contributed by atoms with Gasteiger partial charge in [0, 0.05) is 30.7 Å². The van der Waals surface area contributed by atoms with Gasteiger partial charge in [-0.25, -0.2) is 0 Å². The van der Waals surface area contributed by atoms with Gasteiger partial charge in [0.2, 0.25) is 0 Å². The van der Waals surface area contributed by atoms with Crippen LogP contribution in [0.2, 0.25) is 0 Å². The fourth-order valence-electron chi connectivity index (χ4n) is 1.74. The summed E-state index contributed by atoms with van der Waals surface area (Å²) in [5.41, 5.74) is 3.01. The van der Waals surface area contributed by atoms with Gasteiger partial charge in [-0.2, -0.15) is 5.10 Å². The lowest BCUT2D eigenvalue weighted by Crippen LogP contribution is -2.04. The molecule has 2 aromatic heterocycles. The van der Waals surface area contributed by atoms with E-state index >= 15 is 0 Å². The predicted octanol–water partition coefficient (Wildman–Crippen LogP) is 1.92. The summed E-state index contributed by atoms with van der Waals surface area (Å²) in [6, 6.07) is 3.65. The van der Waals surface area contributed by atoms with E-state index in [1.807, 2.05) is 27.0 Å². The number of aromatic nitrogens is 3. The maximum atomic E-state index is 12.3. The van der Waals surface area contributed by atoms with Gasteiger partial charge in [0.1, 0.15) is 0 Å². The Morgan fingerprint density at radius 2 is 2.18 bits per heavy atom. The van der Waals surface area contributed by atoms with Crippen LogP contribution in [0.15, 0.2) is 24.5 Å². The minimum Gasteiger partial charge on any atom is -0.288 e. The Hall–Kier alpha value is -1.97. The van der Waals surface area contributed by atoms with Crippen LogP contribution in [0.25, 0.3) is 0 Å². The number of hydrogen-bond acceptors (Lipinski definition) is 3. The summed E-state index contributed by atoms with van der Waals surface area (Å²) < 4.78 is 1.67. The van der Waals surface area contributed by atoms with Crippen molar-refractivity contribution in [2.45, 2.75) is 20.3 Å². The summed E-state index contributed by atoms with van der Waals surface area (Å²) in [5.74, 6) is -0.0116. The topological polar surface area (TPSA) is 47.8 Å². The van der Waals surface area contributed by atoms with Gasteiger partial charge in [-0.15, -0.1) is 0 Å². The minimum atomic E-state index is -0.0116. The van der Waals surface area contributed by atoms with Crippen LogP contribution in [0.3, 0.4) is 0 Å². The van der Waals surface area contributed by atoms with E-state index in [9.17, 15) is 4.79 Å². The average molecular weight is 229 g/mol. The van der Waals surface area contributed by atoms with Crippen molar-refractivity contribution in [3.8, 4) is 0 Å². The van der Waals surface area contributed by atoms with E-state index in [1.165, 1.54) is 0 Å². The molecule has 0 saturated carbocycles. The second kappa shape index (κ2) is 4.49. The van der Waals surface area contributed by atoms with Crippen LogP contribution in [0, 0.1) is 6.92 Å². The molecule has 2 aromatic rings. The first-order chi connectivity index (χ1) is 8.11. The van der Waals surface area contributed by atoms with Gasteiger partial charge in [-0.1, -0.05) is 6.92 Å². The van der Waals surface area contributed by atoms with E-state index in [0.717, 1.165) is 17.8 Å². The third-order valence-corrected chi connectivity index (χ3v) is 2.66. The van der Waals surface area contributed by atoms with Crippen LogP contribution < -0.4 is 0 Å². The van der Waals surface area contributed by atoms with Crippen LogP contribution in [-0.4, -0.2) is 20.5 Å². The number of carbonyl (C=O) groups is 1. The fourth-order valence-corrected chi connectivity index (χ4v) is 1.74. The van der Waals surface area contributed by atoms with Gasteiger partial charge in [0.05, 0.1) is 11.3 Å². The Bertz CT molecular complexity index is 540. The average Bonchev–Trinajstić information content (AvgIpc) is 2.70. The van der Waals surface area contributed by atoms with E-state index in [-0.39, 0.29) is 5.78 Å². The van der Waals surface area contributed by atoms with Gasteiger partial charge in [0.15, 0.2) is 5.78 Å². The van der Waals surface area contributed by atoms with Crippen LogP contribution in [0.4, 0.5) is 0 Å². The van der Waals surface area contributed by atoms with Crippen LogP contribution >= 0.6 is 0 Å². The Morgan fingerprint density at radius 1 is 1.41 bits per heavy atom. The van der Waals surface area contributed by atoms with Crippen LogP contribution in [-0.2, 0) is 13.5 Å². The minimum absolute atomic E-state index is 0.0116. The molecule has 88 valence electrons. The number of rotatable bonds is 3. The van der Waals surface area contributed by atoms with E-state index < -0.39 is 0 Å². The lowest BCUT2D eigenvalue weighted by Gasteiger charge is -2.00. The first kappa shape index (κ1) is 11.5. The highest BCUT2D eigenvalue weighted by molar-refractivity contribution is 6.09. The third-order valence-electron chi connectivity index (χ3n) is 2.66. The standard InChI is InChI=1S/C13H15N3O/c1-4-12-11(8-16(3)15-12)13(17)10-6-5-9(2)14-7-10/h5-8H,4H2,1-3H3. The second-order valence-corrected chi connectivity index (χ2v) is 4.03. The number of aryl methyl sites for hydroxylation is 3. The molecule has 0 aromatic carbocycles. The quantitative estimate of drug-likeness (QED) is 0.755. The molecule has 17 heavy (non-hydrogen) atoms. The maximum Gasteiger partial charge on any atom is 0.198 e. The molecule has 2 rings (SSSR count). The summed E-state index contributed by atoms with van der Waals surface area (Å²) in [5, 5.41) is 4.27. The number of pyridine rings is 1. The summed E-state index contributed by atoms with van der Waals surface area (Å²) >= 11 is 0. The van der Waals surface area contributed by atoms with Gasteiger partial charge < -0.3 is 0 Å². The first-order valence-corrected chi connectivity index (χ1v) is 5.61. The van der Waals surface area contributed by atoms with Gasteiger partial charge in [-0.05, 0) is 25.5 Å². The molecule has 0 amide bonds. The van der Waals surface area contributed by atoms with Gasteiger partial charge in [-0.3, -0.25) is 14.5 Å².